The number of hydrogen-bond donors (Lipinski definition) is 1. The van der Waals surface area contributed by atoms with E-state index in [1.807, 2.05) is 0 Å². The number of fused-ring (bicyclic) bond motifs is 3. The van der Waals surface area contributed by atoms with Crippen LogP contribution >= 0.6 is 0 Å². The first-order chi connectivity index (χ1) is 7.29. The molecule has 15 heavy (non-hydrogen) atoms. The fraction of sp³-hybridized carbons (Fsp3) is 0.308. The summed E-state index contributed by atoms with van der Waals surface area (Å²) in [6.07, 6.45) is 2.01. The predicted octanol–water partition coefficient (Wildman–Crippen LogP) is 3.03. The van der Waals surface area contributed by atoms with Crippen LogP contribution in [0.5, 0.6) is 0 Å². The topological polar surface area (TPSA) is 39.6 Å². The van der Waals surface area contributed by atoms with Crippen molar-refractivity contribution in [2.45, 2.75) is 25.7 Å². The molecule has 0 fully saturated rings. The highest BCUT2D eigenvalue weighted by atomic mass is 14.7. The number of rotatable bonds is 0. The first-order valence-corrected chi connectivity index (χ1v) is 5.30. The van der Waals surface area contributed by atoms with Gasteiger partial charge in [0.05, 0.1) is 12.0 Å². The molecule has 0 radical (unpaired) electrons. The molecule has 2 nitrogen and oxygen atoms in total. The molecule has 1 aliphatic rings. The summed E-state index contributed by atoms with van der Waals surface area (Å²) in [7, 11) is 0. The van der Waals surface area contributed by atoms with Crippen molar-refractivity contribution < 1.29 is 0 Å². The summed E-state index contributed by atoms with van der Waals surface area (Å²) in [6, 6.07) is 8.79. The third-order valence-corrected chi connectivity index (χ3v) is 3.28. The number of nitrogens with zero attached hydrogens (tertiary/aromatic N) is 1. The zero-order valence-corrected chi connectivity index (χ0v) is 8.67. The number of nitriles is 1. The van der Waals surface area contributed by atoms with E-state index < -0.39 is 0 Å². The van der Waals surface area contributed by atoms with Gasteiger partial charge in [0.1, 0.15) is 0 Å². The quantitative estimate of drug-likeness (QED) is 0.691. The average molecular weight is 196 g/mol. The van der Waals surface area contributed by atoms with Crippen molar-refractivity contribution >= 4 is 10.9 Å². The van der Waals surface area contributed by atoms with Crippen LogP contribution in [0.1, 0.15) is 29.2 Å². The Morgan fingerprint density at radius 3 is 3.13 bits per heavy atom. The first-order valence-electron chi connectivity index (χ1n) is 5.30. The lowest BCUT2D eigenvalue weighted by Crippen LogP contribution is -1.88. The van der Waals surface area contributed by atoms with Gasteiger partial charge < -0.3 is 4.98 Å². The molecular formula is C13H12N2. The number of H-pyrrole nitrogens is 1. The number of aromatic nitrogens is 1. The van der Waals surface area contributed by atoms with Gasteiger partial charge in [-0.3, -0.25) is 0 Å². The zero-order valence-electron chi connectivity index (χ0n) is 8.67. The van der Waals surface area contributed by atoms with Crippen molar-refractivity contribution in [2.24, 2.45) is 0 Å². The lowest BCUT2D eigenvalue weighted by Gasteiger charge is -1.96. The summed E-state index contributed by atoms with van der Waals surface area (Å²) in [5.41, 5.74) is 4.97. The largest absolute Gasteiger partial charge is 0.357 e. The summed E-state index contributed by atoms with van der Waals surface area (Å²) >= 11 is 0. The van der Waals surface area contributed by atoms with Crippen LogP contribution in [0.25, 0.3) is 10.9 Å². The molecule has 1 atom stereocenters. The minimum Gasteiger partial charge on any atom is -0.357 e. The van der Waals surface area contributed by atoms with Crippen LogP contribution in [0.15, 0.2) is 18.2 Å². The first kappa shape index (κ1) is 8.55. The van der Waals surface area contributed by atoms with Crippen molar-refractivity contribution in [3.63, 3.8) is 0 Å². The number of benzene rings is 1. The fourth-order valence-electron chi connectivity index (χ4n) is 2.51. The van der Waals surface area contributed by atoms with Crippen molar-refractivity contribution in [1.29, 1.82) is 5.26 Å². The van der Waals surface area contributed by atoms with Gasteiger partial charge in [0.2, 0.25) is 0 Å². The Hall–Kier alpha value is -1.75. The van der Waals surface area contributed by atoms with E-state index in [-0.39, 0.29) is 5.92 Å². The van der Waals surface area contributed by atoms with E-state index in [0.717, 1.165) is 18.5 Å². The second kappa shape index (κ2) is 2.87. The van der Waals surface area contributed by atoms with Crippen LogP contribution < -0.4 is 0 Å². The van der Waals surface area contributed by atoms with E-state index in [2.05, 4.69) is 36.2 Å². The van der Waals surface area contributed by atoms with E-state index in [9.17, 15) is 0 Å². The molecule has 2 heteroatoms. The summed E-state index contributed by atoms with van der Waals surface area (Å²) in [5.74, 6) is 0.0766. The van der Waals surface area contributed by atoms with Crippen molar-refractivity contribution in [3.8, 4) is 6.07 Å². The predicted molar refractivity (Wildman–Crippen MR) is 59.7 cm³/mol. The van der Waals surface area contributed by atoms with Gasteiger partial charge in [-0.15, -0.1) is 0 Å². The Labute approximate surface area is 88.5 Å². The summed E-state index contributed by atoms with van der Waals surface area (Å²) in [5, 5.41) is 10.3. The van der Waals surface area contributed by atoms with E-state index in [1.54, 1.807) is 0 Å². The smallest absolute Gasteiger partial charge is 0.0869 e. The average Bonchev–Trinajstić information content (AvgIpc) is 2.76. The maximum atomic E-state index is 9.02. The number of aromatic amines is 1. The second-order valence-electron chi connectivity index (χ2n) is 4.29. The molecular weight excluding hydrogens is 184 g/mol. The van der Waals surface area contributed by atoms with Crippen LogP contribution in [0.3, 0.4) is 0 Å². The van der Waals surface area contributed by atoms with Crippen LogP contribution in [0.4, 0.5) is 0 Å². The van der Waals surface area contributed by atoms with Gasteiger partial charge in [-0.25, -0.2) is 0 Å². The summed E-state index contributed by atoms with van der Waals surface area (Å²) in [6.45, 7) is 2.11. The molecule has 1 N–H and O–H groups in total. The van der Waals surface area contributed by atoms with Crippen molar-refractivity contribution in [2.75, 3.05) is 0 Å². The van der Waals surface area contributed by atoms with Gasteiger partial charge in [-0.2, -0.15) is 5.26 Å². The molecule has 0 bridgehead atoms. The monoisotopic (exact) mass is 196 g/mol. The third-order valence-electron chi connectivity index (χ3n) is 3.28. The molecule has 0 unspecified atom stereocenters. The van der Waals surface area contributed by atoms with Crippen LogP contribution in [0.2, 0.25) is 0 Å². The van der Waals surface area contributed by atoms with Crippen molar-refractivity contribution in [1.82, 2.24) is 4.98 Å². The molecule has 74 valence electrons. The summed E-state index contributed by atoms with van der Waals surface area (Å²) in [4.78, 5) is 3.38. The maximum Gasteiger partial charge on any atom is 0.0869 e. The number of nitrogens with one attached hydrogen (secondary N) is 1. The lowest BCUT2D eigenvalue weighted by atomic mass is 10.1. The third kappa shape index (κ3) is 1.10. The molecule has 0 saturated heterocycles. The highest BCUT2D eigenvalue weighted by molar-refractivity contribution is 5.86. The standard InChI is InChI=1S/C13H12N2/c1-8-2-5-12-11(6-8)10-4-3-9(7-14)13(10)15-12/h2,5-6,9,15H,3-4H2,1H3/t9-/m0/s1. The van der Waals surface area contributed by atoms with E-state index >= 15 is 0 Å². The molecule has 0 saturated carbocycles. The minimum atomic E-state index is 0.0766. The normalized spacial score (nSPS) is 19.1. The maximum absolute atomic E-state index is 9.02. The number of hydrogen-bond acceptors (Lipinski definition) is 1. The Kier molecular flexibility index (Phi) is 1.63. The highest BCUT2D eigenvalue weighted by Gasteiger charge is 2.26. The molecule has 2 aromatic rings. The molecule has 3 rings (SSSR count). The molecule has 0 aliphatic heterocycles. The van der Waals surface area contributed by atoms with Crippen LogP contribution in [-0.2, 0) is 6.42 Å². The zero-order chi connectivity index (χ0) is 10.4. The van der Waals surface area contributed by atoms with Gasteiger partial charge in [-0.1, -0.05) is 11.6 Å². The van der Waals surface area contributed by atoms with E-state index in [1.165, 1.54) is 22.0 Å². The van der Waals surface area contributed by atoms with E-state index in [4.69, 9.17) is 5.26 Å². The van der Waals surface area contributed by atoms with Gasteiger partial charge in [0.15, 0.2) is 0 Å². The van der Waals surface area contributed by atoms with Crippen molar-refractivity contribution in [3.05, 3.63) is 35.0 Å². The van der Waals surface area contributed by atoms with Gasteiger partial charge in [0, 0.05) is 16.6 Å². The minimum absolute atomic E-state index is 0.0766. The van der Waals surface area contributed by atoms with Gasteiger partial charge in [-0.05, 0) is 37.5 Å². The molecule has 1 aromatic heterocycles. The Bertz CT molecular complexity index is 572. The molecule has 1 aliphatic carbocycles. The van der Waals surface area contributed by atoms with Crippen LogP contribution in [0, 0.1) is 18.3 Å². The highest BCUT2D eigenvalue weighted by Crippen LogP contribution is 2.37. The Morgan fingerprint density at radius 2 is 2.33 bits per heavy atom. The molecule has 0 spiro atoms. The molecule has 0 amide bonds. The van der Waals surface area contributed by atoms with Crippen LogP contribution in [-0.4, -0.2) is 4.98 Å². The summed E-state index contributed by atoms with van der Waals surface area (Å²) < 4.78 is 0. The van der Waals surface area contributed by atoms with Gasteiger partial charge in [0.25, 0.3) is 0 Å². The fourth-order valence-corrected chi connectivity index (χ4v) is 2.51. The Balaban J connectivity index is 2.31. The second-order valence-corrected chi connectivity index (χ2v) is 4.29. The number of aryl methyl sites for hydroxylation is 2. The lowest BCUT2D eigenvalue weighted by molar-refractivity contribution is 0.810. The molecule has 1 heterocycles. The van der Waals surface area contributed by atoms with E-state index in [0.29, 0.717) is 0 Å². The van der Waals surface area contributed by atoms with Gasteiger partial charge >= 0.3 is 0 Å². The SMILES string of the molecule is Cc1ccc2[nH]c3c(c2c1)CC[C@H]3C#N. The Morgan fingerprint density at radius 1 is 1.47 bits per heavy atom. The molecule has 1 aromatic carbocycles.